The Balaban J connectivity index is 1.27. The molecule has 2 N–H and O–H groups in total. The van der Waals surface area contributed by atoms with Gasteiger partial charge in [-0.15, -0.1) is 11.3 Å². The molecule has 4 heterocycles. The Hall–Kier alpha value is -3.37. The molecule has 0 radical (unpaired) electrons. The Morgan fingerprint density at radius 1 is 1.09 bits per heavy atom. The second-order valence-corrected chi connectivity index (χ2v) is 19.8. The minimum Gasteiger partial charge on any atom is -0.460 e. The van der Waals surface area contributed by atoms with E-state index < -0.39 is 74.9 Å². The molecular formula is C37H43Cl3N4O9S2. The highest BCUT2D eigenvalue weighted by Gasteiger charge is 2.62. The smallest absolute Gasteiger partial charge is 0.410 e. The van der Waals surface area contributed by atoms with Gasteiger partial charge in [0.2, 0.25) is 11.8 Å². The molecule has 13 nitrogen and oxygen atoms in total. The van der Waals surface area contributed by atoms with Gasteiger partial charge in [0, 0.05) is 29.8 Å². The molecular weight excluding hydrogens is 815 g/mol. The van der Waals surface area contributed by atoms with Crippen LogP contribution in [-0.4, -0.2) is 77.8 Å². The van der Waals surface area contributed by atoms with Crippen molar-refractivity contribution in [3.8, 4) is 0 Å². The number of fused-ring (bicyclic) bond motifs is 3. The zero-order valence-corrected chi connectivity index (χ0v) is 34.5. The quantitative estimate of drug-likeness (QED) is 0.248. The second-order valence-electron chi connectivity index (χ2n) is 15.4. The third-order valence-corrected chi connectivity index (χ3v) is 13.6. The summed E-state index contributed by atoms with van der Waals surface area (Å²) >= 11 is 19.3. The van der Waals surface area contributed by atoms with E-state index in [2.05, 4.69) is 10.0 Å². The average Bonchev–Trinajstić information content (AvgIpc) is 3.39. The van der Waals surface area contributed by atoms with Crippen LogP contribution in [0.25, 0.3) is 0 Å². The number of carbonyl (C=O) groups excluding carboxylic acids is 5. The lowest BCUT2D eigenvalue weighted by Gasteiger charge is -2.30. The highest BCUT2D eigenvalue weighted by Crippen LogP contribution is 2.46. The first kappa shape index (κ1) is 41.3. The van der Waals surface area contributed by atoms with Gasteiger partial charge < -0.3 is 19.7 Å². The van der Waals surface area contributed by atoms with E-state index in [0.29, 0.717) is 24.3 Å². The second kappa shape index (κ2) is 16.2. The van der Waals surface area contributed by atoms with Crippen molar-refractivity contribution in [3.05, 3.63) is 61.2 Å². The molecule has 0 unspecified atom stereocenters. The van der Waals surface area contributed by atoms with Gasteiger partial charge in [0.25, 0.3) is 15.9 Å². The third kappa shape index (κ3) is 9.44. The van der Waals surface area contributed by atoms with Crippen LogP contribution in [0, 0.1) is 11.8 Å². The number of ether oxygens (including phenoxy) is 2. The molecule has 2 fully saturated rings. The van der Waals surface area contributed by atoms with E-state index in [0.717, 1.165) is 41.4 Å². The number of sulfonamides is 1. The number of hydrogen-bond acceptors (Lipinski definition) is 10. The fraction of sp³-hybridized carbons (Fsp3) is 0.541. The summed E-state index contributed by atoms with van der Waals surface area (Å²) in [4.78, 5) is 71.6. The molecule has 1 aliphatic carbocycles. The van der Waals surface area contributed by atoms with Gasteiger partial charge in [0.1, 0.15) is 32.5 Å². The van der Waals surface area contributed by atoms with E-state index in [1.807, 2.05) is 12.1 Å². The standard InChI is InChI=1S/C37H43Cl3N4O9S2/c1-36(2,3)53-30(45)14-21-10-7-5-4-6-8-12-23-17-37(23,34(48)42-55(50,51)28-16-29(39)54-31(28)40)41-32(46)27-15-24(19-44(27)33(21)47)52-35(49)43-18-22-11-9-13-26(38)25(22)20-43/h8-9,11-13,16,21,23-24,27H,4-7,10,14-15,17-20H2,1-3H3,(H,41,46)(H,42,48)/b12-8-/t21-,23-,24-,27+,37-/m1/s1. The van der Waals surface area contributed by atoms with Crippen molar-refractivity contribution in [1.29, 1.82) is 0 Å². The lowest BCUT2D eigenvalue weighted by Crippen LogP contribution is -2.56. The lowest BCUT2D eigenvalue weighted by atomic mass is 9.95. The number of carbonyl (C=O) groups is 5. The van der Waals surface area contributed by atoms with Crippen LogP contribution >= 0.6 is 46.1 Å². The molecule has 1 saturated heterocycles. The van der Waals surface area contributed by atoms with Gasteiger partial charge in [-0.1, -0.05) is 71.9 Å². The van der Waals surface area contributed by atoms with Crippen LogP contribution < -0.4 is 10.0 Å². The van der Waals surface area contributed by atoms with Crippen LogP contribution in [0.3, 0.4) is 0 Å². The number of nitrogens with one attached hydrogen (secondary N) is 2. The number of halogens is 3. The maximum absolute atomic E-state index is 14.4. The van der Waals surface area contributed by atoms with Crippen molar-refractivity contribution < 1.29 is 41.9 Å². The van der Waals surface area contributed by atoms with Gasteiger partial charge in [-0.25, -0.2) is 17.9 Å². The van der Waals surface area contributed by atoms with Crippen LogP contribution in [0.1, 0.15) is 83.3 Å². The SMILES string of the molecule is CC(C)(C)OC(=O)C[C@H]1CCCCC/C=C\[C@@H]2C[C@@]2(C(=O)NS(=O)(=O)c2cc(Cl)sc2Cl)NC(=O)[C@@H]2C[C@@H](OC(=O)N3Cc4cccc(Cl)c4C3)CN2C1=O. The first-order chi connectivity index (χ1) is 25.9. The summed E-state index contributed by atoms with van der Waals surface area (Å²) in [5, 5.41) is 3.31. The minimum absolute atomic E-state index is 0.0904. The third-order valence-electron chi connectivity index (χ3n) is 10.2. The molecule has 18 heteroatoms. The number of allylic oxidation sites excluding steroid dienone is 1. The average molecular weight is 858 g/mol. The Morgan fingerprint density at radius 3 is 2.55 bits per heavy atom. The number of esters is 1. The molecule has 1 aromatic carbocycles. The predicted molar refractivity (Wildman–Crippen MR) is 206 cm³/mol. The van der Waals surface area contributed by atoms with Gasteiger partial charge in [0.05, 0.1) is 23.8 Å². The Labute approximate surface area is 339 Å². The molecule has 55 heavy (non-hydrogen) atoms. The summed E-state index contributed by atoms with van der Waals surface area (Å²) in [6.45, 7) is 5.54. The largest absolute Gasteiger partial charge is 0.460 e. The Kier molecular flexibility index (Phi) is 12.2. The Bertz CT molecular complexity index is 2020. The highest BCUT2D eigenvalue weighted by molar-refractivity contribution is 7.90. The van der Waals surface area contributed by atoms with Crippen molar-refractivity contribution in [2.24, 2.45) is 11.8 Å². The Morgan fingerprint density at radius 2 is 1.85 bits per heavy atom. The van der Waals surface area contributed by atoms with Gasteiger partial charge in [-0.05, 0) is 69.7 Å². The summed E-state index contributed by atoms with van der Waals surface area (Å²) in [6, 6.07) is 5.32. The van der Waals surface area contributed by atoms with Crippen molar-refractivity contribution in [3.63, 3.8) is 0 Å². The van der Waals surface area contributed by atoms with E-state index >= 15 is 0 Å². The molecule has 2 aromatic rings. The molecule has 4 amide bonds. The van der Waals surface area contributed by atoms with Gasteiger partial charge in [-0.3, -0.25) is 24.1 Å². The van der Waals surface area contributed by atoms with Crippen molar-refractivity contribution >= 4 is 85.9 Å². The summed E-state index contributed by atoms with van der Waals surface area (Å²) in [7, 11) is -4.48. The topological polar surface area (TPSA) is 168 Å². The van der Waals surface area contributed by atoms with Gasteiger partial charge in [-0.2, -0.15) is 0 Å². The number of amides is 4. The number of benzene rings is 1. The zero-order valence-electron chi connectivity index (χ0n) is 30.6. The van der Waals surface area contributed by atoms with Crippen LogP contribution in [0.4, 0.5) is 4.79 Å². The highest BCUT2D eigenvalue weighted by atomic mass is 35.5. The molecule has 4 aliphatic rings. The molecule has 1 aromatic heterocycles. The van der Waals surface area contributed by atoms with Crippen LogP contribution in [0.15, 0.2) is 41.3 Å². The summed E-state index contributed by atoms with van der Waals surface area (Å²) in [5.74, 6) is -4.16. The number of rotatable bonds is 6. The van der Waals surface area contributed by atoms with E-state index in [-0.39, 0.29) is 52.5 Å². The molecule has 0 spiro atoms. The number of nitrogens with zero attached hydrogens (tertiary/aromatic N) is 2. The van der Waals surface area contributed by atoms with Crippen LogP contribution in [-0.2, 0) is 51.8 Å². The van der Waals surface area contributed by atoms with E-state index in [4.69, 9.17) is 44.3 Å². The first-order valence-electron chi connectivity index (χ1n) is 18.1. The first-order valence-corrected chi connectivity index (χ1v) is 21.5. The monoisotopic (exact) mass is 856 g/mol. The molecule has 3 aliphatic heterocycles. The molecule has 298 valence electrons. The van der Waals surface area contributed by atoms with Crippen molar-refractivity contribution in [2.75, 3.05) is 6.54 Å². The fourth-order valence-electron chi connectivity index (χ4n) is 7.39. The van der Waals surface area contributed by atoms with Gasteiger partial charge in [0.15, 0.2) is 0 Å². The van der Waals surface area contributed by atoms with E-state index in [1.54, 1.807) is 39.0 Å². The predicted octanol–water partition coefficient (Wildman–Crippen LogP) is 6.38. The van der Waals surface area contributed by atoms with E-state index in [1.165, 1.54) is 9.80 Å². The summed E-state index contributed by atoms with van der Waals surface area (Å²) in [6.07, 6.45) is 4.97. The summed E-state index contributed by atoms with van der Waals surface area (Å²) < 4.78 is 40.1. The number of hydrogen-bond donors (Lipinski definition) is 2. The minimum atomic E-state index is -4.48. The van der Waals surface area contributed by atoms with Gasteiger partial charge >= 0.3 is 12.1 Å². The van der Waals surface area contributed by atoms with Crippen molar-refractivity contribution in [2.45, 2.75) is 113 Å². The lowest BCUT2D eigenvalue weighted by molar-refractivity contribution is -0.159. The van der Waals surface area contributed by atoms with Crippen LogP contribution in [0.2, 0.25) is 13.7 Å². The van der Waals surface area contributed by atoms with E-state index in [9.17, 15) is 32.4 Å². The zero-order chi connectivity index (χ0) is 39.9. The van der Waals surface area contributed by atoms with Crippen LogP contribution in [0.5, 0.6) is 0 Å². The molecule has 6 rings (SSSR count). The van der Waals surface area contributed by atoms with Crippen molar-refractivity contribution in [1.82, 2.24) is 19.8 Å². The maximum atomic E-state index is 14.4. The molecule has 0 bridgehead atoms. The number of thiophene rings is 1. The molecule has 5 atom stereocenters. The fourth-order valence-corrected chi connectivity index (χ4v) is 10.8. The normalized spacial score (nSPS) is 26.4. The maximum Gasteiger partial charge on any atom is 0.410 e. The molecule has 1 saturated carbocycles. The summed E-state index contributed by atoms with van der Waals surface area (Å²) in [5.41, 5.74) is -0.771.